The van der Waals surface area contributed by atoms with Crippen molar-refractivity contribution < 1.29 is 27.5 Å². The summed E-state index contributed by atoms with van der Waals surface area (Å²) in [6.07, 6.45) is 0.279. The van der Waals surface area contributed by atoms with Crippen LogP contribution in [0.2, 0.25) is 0 Å². The number of anilines is 1. The maximum atomic E-state index is 13.2. The molecule has 0 saturated carbocycles. The fourth-order valence-electron chi connectivity index (χ4n) is 3.96. The Hall–Kier alpha value is -4.26. The average Bonchev–Trinajstić information content (AvgIpc) is 3.57. The predicted octanol–water partition coefficient (Wildman–Crippen LogP) is 3.61. The number of aromatic nitrogens is 4. The number of ether oxygens (including phenoxy) is 1. The van der Waals surface area contributed by atoms with Crippen molar-refractivity contribution >= 4 is 39.4 Å². The largest absolute Gasteiger partial charge is 0.417 e. The number of fused-ring (bicyclic) bond motifs is 3. The van der Waals surface area contributed by atoms with Crippen molar-refractivity contribution in [3.8, 4) is 0 Å². The number of hydrazine groups is 1. The Bertz CT molecular complexity index is 1460. The van der Waals surface area contributed by atoms with Crippen molar-refractivity contribution in [3.63, 3.8) is 0 Å². The summed E-state index contributed by atoms with van der Waals surface area (Å²) in [4.78, 5) is 33.0. The van der Waals surface area contributed by atoms with Crippen molar-refractivity contribution in [2.45, 2.75) is 32.5 Å². The first kappa shape index (κ1) is 26.8. The van der Waals surface area contributed by atoms with Crippen molar-refractivity contribution in [3.05, 3.63) is 59.5 Å². The van der Waals surface area contributed by atoms with E-state index >= 15 is 0 Å². The van der Waals surface area contributed by atoms with Crippen molar-refractivity contribution in [2.24, 2.45) is 7.05 Å². The highest BCUT2D eigenvalue weighted by molar-refractivity contribution is 6.10. The topological polar surface area (TPSA) is 128 Å². The number of nitrogens with zero attached hydrogens (tertiary/aromatic N) is 5. The highest BCUT2D eigenvalue weighted by atomic mass is 19.4. The van der Waals surface area contributed by atoms with E-state index in [2.05, 4.69) is 20.5 Å². The molecule has 1 saturated heterocycles. The van der Waals surface area contributed by atoms with Crippen LogP contribution < -0.4 is 11.2 Å². The molecule has 0 spiro atoms. The number of amides is 2. The van der Waals surface area contributed by atoms with Gasteiger partial charge in [0.15, 0.2) is 0 Å². The standard InChI is InChI=1S/C21H18F3N7O2.C4H8O/c1-11(32)29-31(10-14-5-4-13(8-26-14)21(22,23)24)20(33)12-3-6-17-15(7-12)18-16(19(25)28-17)9-27-30(18)2;1-2-4-5-3-1/h3-9H,10H2,1-2H3,(H2,25,28)(H,29,32);1-4H2. The van der Waals surface area contributed by atoms with E-state index in [0.29, 0.717) is 33.8 Å². The molecule has 13 heteroatoms. The van der Waals surface area contributed by atoms with Gasteiger partial charge < -0.3 is 10.5 Å². The maximum absolute atomic E-state index is 13.2. The number of nitrogen functional groups attached to an aromatic ring is 1. The Morgan fingerprint density at radius 1 is 1.13 bits per heavy atom. The minimum absolute atomic E-state index is 0.161. The summed E-state index contributed by atoms with van der Waals surface area (Å²) in [7, 11) is 1.73. The number of aryl methyl sites for hydroxylation is 1. The van der Waals surface area contributed by atoms with E-state index in [1.165, 1.54) is 25.8 Å². The first-order valence-electron chi connectivity index (χ1n) is 11.7. The minimum Gasteiger partial charge on any atom is -0.383 e. The van der Waals surface area contributed by atoms with Crippen LogP contribution in [0.15, 0.2) is 42.7 Å². The van der Waals surface area contributed by atoms with Gasteiger partial charge in [-0.25, -0.2) is 9.99 Å². The van der Waals surface area contributed by atoms with Gasteiger partial charge in [0.1, 0.15) is 5.82 Å². The van der Waals surface area contributed by atoms with Gasteiger partial charge in [-0.2, -0.15) is 18.3 Å². The van der Waals surface area contributed by atoms with Crippen LogP contribution in [-0.2, 0) is 29.3 Å². The number of rotatable bonds is 3. The summed E-state index contributed by atoms with van der Waals surface area (Å²) >= 11 is 0. The van der Waals surface area contributed by atoms with E-state index < -0.39 is 23.6 Å². The van der Waals surface area contributed by atoms with Gasteiger partial charge in [-0.1, -0.05) is 0 Å². The van der Waals surface area contributed by atoms with E-state index in [-0.39, 0.29) is 17.8 Å². The monoisotopic (exact) mass is 529 g/mol. The fraction of sp³-hybridized carbons (Fsp3) is 0.320. The van der Waals surface area contributed by atoms with Gasteiger partial charge in [0.05, 0.1) is 40.4 Å². The number of nitrogens with two attached hydrogens (primary N) is 1. The molecule has 1 aliphatic rings. The summed E-state index contributed by atoms with van der Waals surface area (Å²) < 4.78 is 44.9. The Balaban J connectivity index is 0.000000603. The smallest absolute Gasteiger partial charge is 0.383 e. The number of hydrogen-bond donors (Lipinski definition) is 2. The molecule has 1 aromatic carbocycles. The van der Waals surface area contributed by atoms with Crippen LogP contribution >= 0.6 is 0 Å². The minimum atomic E-state index is -4.53. The number of halogens is 3. The van der Waals surface area contributed by atoms with Gasteiger partial charge in [0.2, 0.25) is 5.91 Å². The number of pyridine rings is 2. The van der Waals surface area contributed by atoms with Crippen molar-refractivity contribution in [1.29, 1.82) is 0 Å². The zero-order valence-electron chi connectivity index (χ0n) is 20.7. The zero-order chi connectivity index (χ0) is 27.4. The second-order valence-corrected chi connectivity index (χ2v) is 8.67. The fourth-order valence-corrected chi connectivity index (χ4v) is 3.96. The van der Waals surface area contributed by atoms with Gasteiger partial charge >= 0.3 is 6.18 Å². The van der Waals surface area contributed by atoms with Gasteiger partial charge in [-0.3, -0.25) is 24.7 Å². The third kappa shape index (κ3) is 5.99. The highest BCUT2D eigenvalue weighted by Crippen LogP contribution is 2.29. The van der Waals surface area contributed by atoms with Gasteiger partial charge in [-0.15, -0.1) is 0 Å². The third-order valence-corrected chi connectivity index (χ3v) is 5.79. The Morgan fingerprint density at radius 2 is 1.87 bits per heavy atom. The Kier molecular flexibility index (Phi) is 7.76. The number of alkyl halides is 3. The quantitative estimate of drug-likeness (QED) is 0.388. The third-order valence-electron chi connectivity index (χ3n) is 5.79. The maximum Gasteiger partial charge on any atom is 0.417 e. The summed E-state index contributed by atoms with van der Waals surface area (Å²) in [6.45, 7) is 2.97. The van der Waals surface area contributed by atoms with E-state index in [9.17, 15) is 22.8 Å². The summed E-state index contributed by atoms with van der Waals surface area (Å²) in [6, 6.07) is 6.76. The first-order valence-corrected chi connectivity index (χ1v) is 11.7. The number of nitrogens with one attached hydrogen (secondary N) is 1. The normalized spacial score (nSPS) is 13.3. The molecular formula is C25H26F3N7O3. The van der Waals surface area contributed by atoms with Crippen LogP contribution in [0, 0.1) is 0 Å². The molecule has 0 aliphatic carbocycles. The zero-order valence-corrected chi connectivity index (χ0v) is 20.7. The number of carbonyl (C=O) groups is 2. The molecule has 5 rings (SSSR count). The number of benzene rings is 1. The van der Waals surface area contributed by atoms with Crippen molar-refractivity contribution in [2.75, 3.05) is 18.9 Å². The molecular weight excluding hydrogens is 503 g/mol. The van der Waals surface area contributed by atoms with Crippen LogP contribution in [0.5, 0.6) is 0 Å². The molecule has 4 aromatic rings. The molecule has 1 fully saturated rings. The molecule has 3 N–H and O–H groups in total. The highest BCUT2D eigenvalue weighted by Gasteiger charge is 2.31. The lowest BCUT2D eigenvalue weighted by Gasteiger charge is -2.22. The molecule has 3 aromatic heterocycles. The molecule has 1 aliphatic heterocycles. The number of hydrogen-bond acceptors (Lipinski definition) is 7. The molecule has 0 unspecified atom stereocenters. The summed E-state index contributed by atoms with van der Waals surface area (Å²) in [5, 5.41) is 6.43. The second-order valence-electron chi connectivity index (χ2n) is 8.67. The molecule has 0 bridgehead atoms. The summed E-state index contributed by atoms with van der Waals surface area (Å²) in [5.41, 5.74) is 9.10. The SMILES string of the molecule is C1CCOC1.CC(=O)NN(Cc1ccc(C(F)(F)F)cn1)C(=O)c1ccc2nc(N)c3cnn(C)c3c2c1. The molecule has 10 nitrogen and oxygen atoms in total. The molecule has 0 atom stereocenters. The van der Waals surface area contributed by atoms with E-state index in [1.54, 1.807) is 30.1 Å². The number of carbonyl (C=O) groups excluding carboxylic acids is 2. The predicted molar refractivity (Wildman–Crippen MR) is 133 cm³/mol. The van der Waals surface area contributed by atoms with Gasteiger partial charge in [0.25, 0.3) is 5.91 Å². The van der Waals surface area contributed by atoms with Crippen LogP contribution in [0.25, 0.3) is 21.8 Å². The van der Waals surface area contributed by atoms with Crippen molar-refractivity contribution in [1.82, 2.24) is 30.2 Å². The molecule has 4 heterocycles. The van der Waals surface area contributed by atoms with E-state index in [0.717, 1.165) is 30.4 Å². The molecule has 2 amide bonds. The lowest BCUT2D eigenvalue weighted by Crippen LogP contribution is -2.44. The Labute approximate surface area is 215 Å². The van der Waals surface area contributed by atoms with Crippen LogP contribution in [-0.4, -0.2) is 49.8 Å². The van der Waals surface area contributed by atoms with Crippen LogP contribution in [0.1, 0.15) is 41.4 Å². The van der Waals surface area contributed by atoms with Crippen LogP contribution in [0.4, 0.5) is 19.0 Å². The van der Waals surface area contributed by atoms with E-state index in [4.69, 9.17) is 10.5 Å². The lowest BCUT2D eigenvalue weighted by molar-refractivity contribution is -0.137. The van der Waals surface area contributed by atoms with Gasteiger partial charge in [-0.05, 0) is 43.2 Å². The second kappa shape index (κ2) is 11.0. The average molecular weight is 530 g/mol. The Morgan fingerprint density at radius 3 is 2.45 bits per heavy atom. The molecule has 0 radical (unpaired) electrons. The molecule has 38 heavy (non-hydrogen) atoms. The summed E-state index contributed by atoms with van der Waals surface area (Å²) in [5.74, 6) is -0.807. The molecule has 200 valence electrons. The van der Waals surface area contributed by atoms with E-state index in [1.807, 2.05) is 0 Å². The van der Waals surface area contributed by atoms with Gasteiger partial charge in [0, 0.05) is 44.3 Å². The first-order chi connectivity index (χ1) is 18.0. The lowest BCUT2D eigenvalue weighted by atomic mass is 10.1. The van der Waals surface area contributed by atoms with Crippen LogP contribution in [0.3, 0.4) is 0 Å².